The zero-order valence-corrected chi connectivity index (χ0v) is 14.8. The molecule has 24 heavy (non-hydrogen) atoms. The van der Waals surface area contributed by atoms with Crippen molar-refractivity contribution in [3.63, 3.8) is 0 Å². The minimum atomic E-state index is -4.04. The molecular weight excluding hydrogens is 362 g/mol. The van der Waals surface area contributed by atoms with Crippen LogP contribution in [0.3, 0.4) is 0 Å². The SMILES string of the molecule is CON(C)S(=O)(=O)c1cc(C(=O)OC2CC(C)OC2=O)ccc1Cl. The molecule has 1 aliphatic rings. The molecule has 0 radical (unpaired) electrons. The Balaban J connectivity index is 2.28. The largest absolute Gasteiger partial charge is 0.460 e. The molecule has 1 aromatic carbocycles. The van der Waals surface area contributed by atoms with Crippen molar-refractivity contribution < 1.29 is 32.3 Å². The number of halogens is 1. The maximum atomic E-state index is 12.3. The van der Waals surface area contributed by atoms with Gasteiger partial charge in [0.15, 0.2) is 0 Å². The van der Waals surface area contributed by atoms with E-state index in [0.717, 1.165) is 6.07 Å². The van der Waals surface area contributed by atoms with E-state index < -0.39 is 28.1 Å². The van der Waals surface area contributed by atoms with Gasteiger partial charge < -0.3 is 9.47 Å². The van der Waals surface area contributed by atoms with Crippen molar-refractivity contribution in [2.75, 3.05) is 14.2 Å². The van der Waals surface area contributed by atoms with Crippen LogP contribution in [-0.4, -0.2) is 51.2 Å². The second-order valence-electron chi connectivity index (χ2n) is 5.12. The van der Waals surface area contributed by atoms with Crippen molar-refractivity contribution in [1.82, 2.24) is 4.47 Å². The smallest absolute Gasteiger partial charge is 0.347 e. The standard InChI is InChI=1S/C14H16ClNO7S/c1-8-6-11(14(18)22-8)23-13(17)9-4-5-10(15)12(7-9)24(19,20)16(2)21-3/h4-5,7-8,11H,6H2,1-3H3. The number of carbonyl (C=O) groups is 2. The fourth-order valence-electron chi connectivity index (χ4n) is 2.08. The van der Waals surface area contributed by atoms with E-state index in [1.54, 1.807) is 6.92 Å². The van der Waals surface area contributed by atoms with E-state index in [1.165, 1.54) is 26.3 Å². The zero-order valence-electron chi connectivity index (χ0n) is 13.2. The summed E-state index contributed by atoms with van der Waals surface area (Å²) in [5.74, 6) is -1.48. The molecule has 10 heteroatoms. The average molecular weight is 378 g/mol. The van der Waals surface area contributed by atoms with Crippen LogP contribution in [0.1, 0.15) is 23.7 Å². The van der Waals surface area contributed by atoms with Crippen molar-refractivity contribution in [2.45, 2.75) is 30.4 Å². The first kappa shape index (κ1) is 18.7. The number of ether oxygens (including phenoxy) is 2. The van der Waals surface area contributed by atoms with Gasteiger partial charge in [-0.05, 0) is 25.1 Å². The maximum absolute atomic E-state index is 12.3. The van der Waals surface area contributed by atoms with Crippen LogP contribution in [-0.2, 0) is 29.1 Å². The predicted octanol–water partition coefficient (Wildman–Crippen LogP) is 1.38. The van der Waals surface area contributed by atoms with Gasteiger partial charge in [0.25, 0.3) is 10.0 Å². The molecule has 0 aliphatic carbocycles. The molecule has 1 heterocycles. The molecule has 0 amide bonds. The van der Waals surface area contributed by atoms with Gasteiger partial charge in [0.2, 0.25) is 6.10 Å². The predicted molar refractivity (Wildman–Crippen MR) is 82.8 cm³/mol. The summed E-state index contributed by atoms with van der Waals surface area (Å²) in [6.07, 6.45) is -1.10. The van der Waals surface area contributed by atoms with Crippen molar-refractivity contribution in [2.24, 2.45) is 0 Å². The van der Waals surface area contributed by atoms with Crippen molar-refractivity contribution >= 4 is 33.6 Å². The van der Waals surface area contributed by atoms with Gasteiger partial charge in [0, 0.05) is 13.5 Å². The van der Waals surface area contributed by atoms with Gasteiger partial charge in [-0.15, -0.1) is 0 Å². The highest BCUT2D eigenvalue weighted by molar-refractivity contribution is 7.89. The second-order valence-corrected chi connectivity index (χ2v) is 7.43. The van der Waals surface area contributed by atoms with Gasteiger partial charge in [0.1, 0.15) is 11.0 Å². The summed E-state index contributed by atoms with van der Waals surface area (Å²) < 4.78 is 35.2. The number of hydrogen-bond acceptors (Lipinski definition) is 7. The lowest BCUT2D eigenvalue weighted by Crippen LogP contribution is -2.26. The van der Waals surface area contributed by atoms with E-state index in [2.05, 4.69) is 4.84 Å². The van der Waals surface area contributed by atoms with Crippen LogP contribution in [0.15, 0.2) is 23.1 Å². The molecule has 8 nitrogen and oxygen atoms in total. The molecule has 1 saturated heterocycles. The zero-order chi connectivity index (χ0) is 18.1. The first-order chi connectivity index (χ1) is 11.2. The molecule has 132 valence electrons. The van der Waals surface area contributed by atoms with E-state index in [0.29, 0.717) is 4.47 Å². The minimum absolute atomic E-state index is 0.0603. The van der Waals surface area contributed by atoms with Crippen molar-refractivity contribution in [3.8, 4) is 0 Å². The van der Waals surface area contributed by atoms with Gasteiger partial charge in [0.05, 0.1) is 17.7 Å². The van der Waals surface area contributed by atoms with Crippen LogP contribution >= 0.6 is 11.6 Å². The summed E-state index contributed by atoms with van der Waals surface area (Å²) in [6, 6.07) is 3.63. The molecule has 0 bridgehead atoms. The van der Waals surface area contributed by atoms with Crippen LogP contribution in [0.2, 0.25) is 5.02 Å². The van der Waals surface area contributed by atoms with Gasteiger partial charge in [-0.3, -0.25) is 4.84 Å². The number of benzene rings is 1. The fourth-order valence-corrected chi connectivity index (χ4v) is 3.55. The number of sulfonamides is 1. The van der Waals surface area contributed by atoms with Crippen LogP contribution in [0.5, 0.6) is 0 Å². The van der Waals surface area contributed by atoms with E-state index in [4.69, 9.17) is 21.1 Å². The Bertz CT molecular complexity index is 764. The van der Waals surface area contributed by atoms with Crippen molar-refractivity contribution in [3.05, 3.63) is 28.8 Å². The summed E-state index contributed by atoms with van der Waals surface area (Å²) in [5.41, 5.74) is -0.0603. The molecular formula is C14H16ClNO7S. The Morgan fingerprint density at radius 3 is 2.62 bits per heavy atom. The van der Waals surface area contributed by atoms with Gasteiger partial charge in [-0.25, -0.2) is 18.0 Å². The summed E-state index contributed by atoms with van der Waals surface area (Å²) in [7, 11) is -1.68. The summed E-state index contributed by atoms with van der Waals surface area (Å²) in [6.45, 7) is 1.68. The molecule has 0 aromatic heterocycles. The molecule has 0 saturated carbocycles. The van der Waals surface area contributed by atoms with Crippen LogP contribution in [0, 0.1) is 0 Å². The Morgan fingerprint density at radius 2 is 2.08 bits per heavy atom. The third-order valence-corrected chi connectivity index (χ3v) is 5.58. The Labute approximate surface area is 144 Å². The average Bonchev–Trinajstić information content (AvgIpc) is 2.84. The Morgan fingerprint density at radius 1 is 1.42 bits per heavy atom. The van der Waals surface area contributed by atoms with E-state index >= 15 is 0 Å². The third kappa shape index (κ3) is 3.69. The van der Waals surface area contributed by atoms with Crippen LogP contribution < -0.4 is 0 Å². The molecule has 2 unspecified atom stereocenters. The van der Waals surface area contributed by atoms with Crippen LogP contribution in [0.4, 0.5) is 0 Å². The number of esters is 2. The highest BCUT2D eigenvalue weighted by atomic mass is 35.5. The number of rotatable bonds is 5. The molecule has 0 N–H and O–H groups in total. The van der Waals surface area contributed by atoms with Gasteiger partial charge in [-0.1, -0.05) is 16.1 Å². The Hall–Kier alpha value is -1.68. The maximum Gasteiger partial charge on any atom is 0.347 e. The molecule has 0 spiro atoms. The normalized spacial score (nSPS) is 21.0. The fraction of sp³-hybridized carbons (Fsp3) is 0.429. The molecule has 2 atom stereocenters. The minimum Gasteiger partial charge on any atom is -0.460 e. The number of hydrogen-bond donors (Lipinski definition) is 0. The first-order valence-corrected chi connectivity index (χ1v) is 8.72. The monoisotopic (exact) mass is 377 g/mol. The van der Waals surface area contributed by atoms with Crippen molar-refractivity contribution in [1.29, 1.82) is 0 Å². The highest BCUT2D eigenvalue weighted by Gasteiger charge is 2.35. The molecule has 1 aromatic rings. The second kappa shape index (κ2) is 7.06. The highest BCUT2D eigenvalue weighted by Crippen LogP contribution is 2.26. The summed E-state index contributed by atoms with van der Waals surface area (Å²) >= 11 is 5.91. The topological polar surface area (TPSA) is 99.2 Å². The number of carbonyl (C=O) groups excluding carboxylic acids is 2. The van der Waals surface area contributed by atoms with E-state index in [-0.39, 0.29) is 28.0 Å². The number of nitrogens with zero attached hydrogens (tertiary/aromatic N) is 1. The lowest BCUT2D eigenvalue weighted by Gasteiger charge is -2.16. The summed E-state index contributed by atoms with van der Waals surface area (Å²) in [4.78, 5) is 28.0. The lowest BCUT2D eigenvalue weighted by atomic mass is 10.2. The number of cyclic esters (lactones) is 1. The number of hydroxylamine groups is 1. The molecule has 2 rings (SSSR count). The van der Waals surface area contributed by atoms with E-state index in [1.807, 2.05) is 0 Å². The molecule has 1 fully saturated rings. The summed E-state index contributed by atoms with van der Waals surface area (Å²) in [5, 5.41) is -0.0793. The van der Waals surface area contributed by atoms with E-state index in [9.17, 15) is 18.0 Å². The first-order valence-electron chi connectivity index (χ1n) is 6.91. The van der Waals surface area contributed by atoms with Gasteiger partial charge in [-0.2, -0.15) is 0 Å². The lowest BCUT2D eigenvalue weighted by molar-refractivity contribution is -0.147. The third-order valence-electron chi connectivity index (χ3n) is 3.42. The van der Waals surface area contributed by atoms with Gasteiger partial charge >= 0.3 is 11.9 Å². The van der Waals surface area contributed by atoms with Crippen LogP contribution in [0.25, 0.3) is 0 Å². The Kier molecular flexibility index (Phi) is 5.49. The quantitative estimate of drug-likeness (QED) is 0.564. The molecule has 1 aliphatic heterocycles.